The number of aromatic nitrogens is 1. The predicted molar refractivity (Wildman–Crippen MR) is 128 cm³/mol. The summed E-state index contributed by atoms with van der Waals surface area (Å²) < 4.78 is 10.5. The molecule has 0 amide bonds. The summed E-state index contributed by atoms with van der Waals surface area (Å²) in [6.07, 6.45) is 0. The van der Waals surface area contributed by atoms with Crippen LogP contribution in [0.5, 0.6) is 5.75 Å². The van der Waals surface area contributed by atoms with E-state index in [1.54, 1.807) is 14.2 Å². The zero-order chi connectivity index (χ0) is 21.7. The maximum absolute atomic E-state index is 6.56. The Hall–Kier alpha value is -2.41. The van der Waals surface area contributed by atoms with Crippen molar-refractivity contribution in [2.75, 3.05) is 32.7 Å². The highest BCUT2D eigenvalue weighted by molar-refractivity contribution is 7.80. The van der Waals surface area contributed by atoms with Crippen LogP contribution in [0.15, 0.2) is 42.5 Å². The quantitative estimate of drug-likeness (QED) is 0.392. The van der Waals surface area contributed by atoms with E-state index in [1.165, 1.54) is 5.56 Å². The number of aryl methyl sites for hydroxylation is 2. The topological polar surface area (TPSA) is 46.6 Å². The summed E-state index contributed by atoms with van der Waals surface area (Å²) in [5, 5.41) is 5.43. The Balaban J connectivity index is 1.83. The van der Waals surface area contributed by atoms with Crippen molar-refractivity contribution in [2.24, 2.45) is 0 Å². The second kappa shape index (κ2) is 10.1. The number of fused-ring (bicyclic) bond motifs is 1. The zero-order valence-corrected chi connectivity index (χ0v) is 19.2. The molecule has 1 N–H and O–H groups in total. The van der Waals surface area contributed by atoms with Crippen LogP contribution >= 0.6 is 23.8 Å². The van der Waals surface area contributed by atoms with Crippen molar-refractivity contribution in [2.45, 2.75) is 20.4 Å². The molecule has 0 saturated carbocycles. The van der Waals surface area contributed by atoms with Gasteiger partial charge in [0.05, 0.1) is 19.2 Å². The molecule has 5 nitrogen and oxygen atoms in total. The van der Waals surface area contributed by atoms with Crippen molar-refractivity contribution in [3.8, 4) is 5.75 Å². The summed E-state index contributed by atoms with van der Waals surface area (Å²) in [5.74, 6) is 0.794. The highest BCUT2D eigenvalue weighted by Crippen LogP contribution is 2.26. The molecular formula is C23H26ClN3O2S. The van der Waals surface area contributed by atoms with Crippen molar-refractivity contribution in [1.29, 1.82) is 0 Å². The number of hydrogen-bond acceptors (Lipinski definition) is 4. The van der Waals surface area contributed by atoms with Crippen molar-refractivity contribution >= 4 is 45.5 Å². The van der Waals surface area contributed by atoms with E-state index in [-0.39, 0.29) is 0 Å². The van der Waals surface area contributed by atoms with Crippen LogP contribution in [0, 0.1) is 13.8 Å². The zero-order valence-electron chi connectivity index (χ0n) is 17.7. The first-order valence-corrected chi connectivity index (χ1v) is 10.5. The average Bonchev–Trinajstić information content (AvgIpc) is 2.75. The van der Waals surface area contributed by atoms with Crippen LogP contribution < -0.4 is 10.1 Å². The van der Waals surface area contributed by atoms with E-state index in [2.05, 4.69) is 42.3 Å². The van der Waals surface area contributed by atoms with Crippen LogP contribution in [0.2, 0.25) is 5.15 Å². The summed E-state index contributed by atoms with van der Waals surface area (Å²) in [5.41, 5.74) is 5.09. The summed E-state index contributed by atoms with van der Waals surface area (Å²) in [6.45, 7) is 5.84. The minimum atomic E-state index is 0.492. The Bertz CT molecular complexity index is 1040. The molecule has 1 heterocycles. The van der Waals surface area contributed by atoms with E-state index in [0.29, 0.717) is 30.0 Å². The van der Waals surface area contributed by atoms with Gasteiger partial charge < -0.3 is 19.7 Å². The van der Waals surface area contributed by atoms with Crippen LogP contribution in [0.1, 0.15) is 16.7 Å². The van der Waals surface area contributed by atoms with Crippen LogP contribution in [0.4, 0.5) is 5.69 Å². The Morgan fingerprint density at radius 2 is 1.87 bits per heavy atom. The van der Waals surface area contributed by atoms with Crippen LogP contribution in [0.3, 0.4) is 0 Å². The lowest BCUT2D eigenvalue weighted by Gasteiger charge is -2.26. The summed E-state index contributed by atoms with van der Waals surface area (Å²) in [7, 11) is 3.32. The monoisotopic (exact) mass is 443 g/mol. The Kier molecular flexibility index (Phi) is 7.48. The van der Waals surface area contributed by atoms with Crippen molar-refractivity contribution in [1.82, 2.24) is 9.88 Å². The van der Waals surface area contributed by atoms with Crippen LogP contribution in [-0.2, 0) is 11.3 Å². The first-order chi connectivity index (χ1) is 14.4. The third-order valence-electron chi connectivity index (χ3n) is 5.09. The maximum Gasteiger partial charge on any atom is 0.173 e. The van der Waals surface area contributed by atoms with E-state index in [4.69, 9.17) is 33.3 Å². The first-order valence-electron chi connectivity index (χ1n) is 9.67. The Morgan fingerprint density at radius 3 is 2.53 bits per heavy atom. The number of ether oxygens (including phenoxy) is 2. The summed E-state index contributed by atoms with van der Waals surface area (Å²) in [6, 6.07) is 13.9. The fourth-order valence-electron chi connectivity index (χ4n) is 3.15. The van der Waals surface area contributed by atoms with Gasteiger partial charge in [-0.2, -0.15) is 0 Å². The molecule has 0 spiro atoms. The van der Waals surface area contributed by atoms with Crippen molar-refractivity contribution in [3.05, 3.63) is 64.3 Å². The van der Waals surface area contributed by atoms with Gasteiger partial charge in [-0.1, -0.05) is 23.7 Å². The van der Waals surface area contributed by atoms with Gasteiger partial charge in [-0.25, -0.2) is 4.98 Å². The van der Waals surface area contributed by atoms with Gasteiger partial charge in [-0.05, 0) is 67.5 Å². The second-order valence-electron chi connectivity index (χ2n) is 7.09. The number of methoxy groups -OCH3 is 2. The summed E-state index contributed by atoms with van der Waals surface area (Å²) >= 11 is 12.2. The fourth-order valence-corrected chi connectivity index (χ4v) is 3.62. The maximum atomic E-state index is 6.56. The van der Waals surface area contributed by atoms with E-state index in [9.17, 15) is 0 Å². The lowest BCUT2D eigenvalue weighted by atomic mass is 10.0. The SMILES string of the molecule is COCCN(Cc1cc2ccc(C)c(C)c2nc1Cl)C(=S)Nc1ccc(OC)cc1. The molecule has 158 valence electrons. The molecular weight excluding hydrogens is 418 g/mol. The molecule has 3 rings (SSSR count). The van der Waals surface area contributed by atoms with Gasteiger partial charge in [0.1, 0.15) is 10.9 Å². The van der Waals surface area contributed by atoms with E-state index >= 15 is 0 Å². The molecule has 7 heteroatoms. The van der Waals surface area contributed by atoms with Crippen LogP contribution in [-0.4, -0.2) is 42.4 Å². The average molecular weight is 444 g/mol. The normalized spacial score (nSPS) is 10.8. The van der Waals surface area contributed by atoms with Gasteiger partial charge in [0, 0.05) is 36.8 Å². The molecule has 0 aliphatic rings. The molecule has 0 fully saturated rings. The Morgan fingerprint density at radius 1 is 1.13 bits per heavy atom. The lowest BCUT2D eigenvalue weighted by molar-refractivity contribution is 0.175. The van der Waals surface area contributed by atoms with Gasteiger partial charge >= 0.3 is 0 Å². The minimum Gasteiger partial charge on any atom is -0.497 e. The number of pyridine rings is 1. The van der Waals surface area contributed by atoms with Gasteiger partial charge in [-0.15, -0.1) is 0 Å². The third-order valence-corrected chi connectivity index (χ3v) is 5.78. The number of anilines is 1. The third kappa shape index (κ3) is 5.19. The second-order valence-corrected chi connectivity index (χ2v) is 7.84. The predicted octanol–water partition coefficient (Wildman–Crippen LogP) is 5.36. The lowest BCUT2D eigenvalue weighted by Crippen LogP contribution is -2.36. The highest BCUT2D eigenvalue weighted by atomic mass is 35.5. The van der Waals surface area contributed by atoms with Crippen LogP contribution in [0.25, 0.3) is 10.9 Å². The van der Waals surface area contributed by atoms with E-state index < -0.39 is 0 Å². The fraction of sp³-hybridized carbons (Fsp3) is 0.304. The number of benzene rings is 2. The number of nitrogens with one attached hydrogen (secondary N) is 1. The largest absolute Gasteiger partial charge is 0.497 e. The van der Waals surface area contributed by atoms with Gasteiger partial charge in [0.2, 0.25) is 0 Å². The molecule has 0 radical (unpaired) electrons. The van der Waals surface area contributed by atoms with E-state index in [0.717, 1.165) is 33.5 Å². The van der Waals surface area contributed by atoms with Crippen molar-refractivity contribution < 1.29 is 9.47 Å². The van der Waals surface area contributed by atoms with Crippen molar-refractivity contribution in [3.63, 3.8) is 0 Å². The molecule has 0 aliphatic heterocycles. The highest BCUT2D eigenvalue weighted by Gasteiger charge is 2.15. The number of rotatable bonds is 7. The standard InChI is InChI=1S/C23H26ClN3O2S/c1-15-5-6-17-13-18(22(24)26-21(17)16(15)2)14-27(11-12-28-3)23(30)25-19-7-9-20(29-4)10-8-19/h5-10,13H,11-12,14H2,1-4H3,(H,25,30). The molecule has 0 saturated heterocycles. The number of nitrogens with zero attached hydrogens (tertiary/aromatic N) is 2. The molecule has 0 bridgehead atoms. The molecule has 2 aromatic carbocycles. The molecule has 0 atom stereocenters. The summed E-state index contributed by atoms with van der Waals surface area (Å²) in [4.78, 5) is 6.69. The molecule has 30 heavy (non-hydrogen) atoms. The molecule has 0 aliphatic carbocycles. The molecule has 1 aromatic heterocycles. The molecule has 0 unspecified atom stereocenters. The van der Waals surface area contributed by atoms with Gasteiger partial charge in [0.25, 0.3) is 0 Å². The smallest absolute Gasteiger partial charge is 0.173 e. The number of thiocarbonyl (C=S) groups is 1. The minimum absolute atomic E-state index is 0.492. The molecule has 3 aromatic rings. The van der Waals surface area contributed by atoms with Gasteiger partial charge in [0.15, 0.2) is 5.11 Å². The van der Waals surface area contributed by atoms with E-state index in [1.807, 2.05) is 29.2 Å². The first kappa shape index (κ1) is 22.3. The number of hydrogen-bond donors (Lipinski definition) is 1. The Labute approximate surface area is 188 Å². The van der Waals surface area contributed by atoms with Gasteiger partial charge in [-0.3, -0.25) is 0 Å². The number of halogens is 1.